The summed E-state index contributed by atoms with van der Waals surface area (Å²) in [4.78, 5) is 34.3. The van der Waals surface area contributed by atoms with Crippen molar-refractivity contribution in [2.24, 2.45) is 0 Å². The van der Waals surface area contributed by atoms with Gasteiger partial charge in [0.05, 0.1) is 51.2 Å². The molecule has 2 heterocycles. The van der Waals surface area contributed by atoms with E-state index in [9.17, 15) is 9.59 Å². The van der Waals surface area contributed by atoms with Gasteiger partial charge in [0.25, 0.3) is 0 Å². The van der Waals surface area contributed by atoms with Crippen LogP contribution in [0.3, 0.4) is 0 Å². The fraction of sp³-hybridized carbons (Fsp3) is 0.312. The maximum absolute atomic E-state index is 13.7. The lowest BCUT2D eigenvalue weighted by Gasteiger charge is -2.08. The summed E-state index contributed by atoms with van der Waals surface area (Å²) < 4.78 is 21.5. The van der Waals surface area contributed by atoms with Crippen LogP contribution >= 0.6 is 0 Å². The van der Waals surface area contributed by atoms with Crippen LogP contribution in [-0.2, 0) is 12.8 Å². The summed E-state index contributed by atoms with van der Waals surface area (Å²) in [6.45, 7) is 8.00. The minimum atomic E-state index is -0.170. The van der Waals surface area contributed by atoms with Crippen molar-refractivity contribution in [2.75, 3.05) is 28.4 Å². The Morgan fingerprint density at radius 3 is 1.12 bits per heavy atom. The van der Waals surface area contributed by atoms with Gasteiger partial charge in [-0.15, -0.1) is 0 Å². The second-order valence-electron chi connectivity index (χ2n) is 9.53. The minimum Gasteiger partial charge on any atom is -0.497 e. The highest BCUT2D eigenvalue weighted by atomic mass is 16.5. The minimum absolute atomic E-state index is 0.170. The molecule has 0 atom stereocenters. The second kappa shape index (κ2) is 11.7. The fourth-order valence-corrected chi connectivity index (χ4v) is 5.20. The molecule has 40 heavy (non-hydrogen) atoms. The number of ketones is 2. The van der Waals surface area contributed by atoms with E-state index in [4.69, 9.17) is 18.9 Å². The number of aromatic amines is 2. The number of rotatable bonds is 11. The number of benzene rings is 2. The van der Waals surface area contributed by atoms with Gasteiger partial charge in [0.15, 0.2) is 0 Å². The van der Waals surface area contributed by atoms with Crippen LogP contribution in [0.2, 0.25) is 0 Å². The molecule has 210 valence electrons. The van der Waals surface area contributed by atoms with E-state index in [-0.39, 0.29) is 11.6 Å². The van der Waals surface area contributed by atoms with Crippen LogP contribution < -0.4 is 18.9 Å². The lowest BCUT2D eigenvalue weighted by Crippen LogP contribution is -2.05. The third-order valence-corrected chi connectivity index (χ3v) is 7.40. The molecule has 2 N–H and O–H groups in total. The molecule has 0 amide bonds. The molecular weight excluding hydrogens is 508 g/mol. The van der Waals surface area contributed by atoms with E-state index in [2.05, 4.69) is 23.8 Å². The molecule has 0 saturated carbocycles. The molecule has 0 unspecified atom stereocenters. The van der Waals surface area contributed by atoms with Crippen molar-refractivity contribution in [3.63, 3.8) is 0 Å². The quantitative estimate of drug-likeness (QED) is 0.217. The smallest absolute Gasteiger partial charge is 0.209 e. The highest BCUT2D eigenvalue weighted by Gasteiger charge is 2.27. The Labute approximate surface area is 234 Å². The number of nitrogens with one attached hydrogen (secondary N) is 2. The molecule has 4 rings (SSSR count). The Balaban J connectivity index is 1.84. The summed E-state index contributed by atoms with van der Waals surface area (Å²) in [5.41, 5.74) is 7.25. The van der Waals surface area contributed by atoms with Crippen LogP contribution in [0.5, 0.6) is 23.0 Å². The maximum Gasteiger partial charge on any atom is 0.209 e. The molecule has 0 saturated heterocycles. The number of carbonyl (C=O) groups excluding carboxylic acids is 2. The van der Waals surface area contributed by atoms with Crippen LogP contribution in [0.1, 0.15) is 68.2 Å². The summed E-state index contributed by atoms with van der Waals surface area (Å²) in [5, 5.41) is 0. The molecule has 8 nitrogen and oxygen atoms in total. The average Bonchev–Trinajstić information content (AvgIpc) is 3.50. The lowest BCUT2D eigenvalue weighted by molar-refractivity contribution is 0.102. The molecule has 0 aliphatic carbocycles. The number of H-pyrrole nitrogens is 2. The van der Waals surface area contributed by atoms with Crippen LogP contribution in [-0.4, -0.2) is 50.0 Å². The molecule has 8 heteroatoms. The van der Waals surface area contributed by atoms with Crippen molar-refractivity contribution >= 4 is 11.6 Å². The number of hydrogen-bond acceptors (Lipinski definition) is 6. The highest BCUT2D eigenvalue weighted by molar-refractivity contribution is 6.11. The molecule has 0 spiro atoms. The van der Waals surface area contributed by atoms with Crippen molar-refractivity contribution in [3.8, 4) is 34.4 Å². The SMILES string of the molecule is CCc1c(-c2[nH]c(C(=O)c3cc(OC)cc(OC)c3)c(C)c2CC)[nH]c(C(=O)c2cc(OC)cc(OC)c2)c1C. The van der Waals surface area contributed by atoms with E-state index < -0.39 is 0 Å². The predicted molar refractivity (Wildman–Crippen MR) is 155 cm³/mol. The molecular formula is C32H36N2O6. The molecule has 2 aromatic heterocycles. The predicted octanol–water partition coefficient (Wildman–Crippen LogP) is 6.25. The third kappa shape index (κ3) is 5.09. The van der Waals surface area contributed by atoms with Gasteiger partial charge in [0, 0.05) is 23.3 Å². The Hall–Kier alpha value is -4.46. The molecule has 4 aromatic rings. The monoisotopic (exact) mass is 544 g/mol. The van der Waals surface area contributed by atoms with Crippen molar-refractivity contribution in [3.05, 3.63) is 81.2 Å². The Kier molecular flexibility index (Phi) is 8.38. The van der Waals surface area contributed by atoms with Crippen LogP contribution in [0.15, 0.2) is 36.4 Å². The van der Waals surface area contributed by atoms with Gasteiger partial charge < -0.3 is 28.9 Å². The summed E-state index contributed by atoms with van der Waals surface area (Å²) >= 11 is 0. The van der Waals surface area contributed by atoms with Gasteiger partial charge in [0.1, 0.15) is 23.0 Å². The van der Waals surface area contributed by atoms with Crippen molar-refractivity contribution in [1.82, 2.24) is 9.97 Å². The topological polar surface area (TPSA) is 103 Å². The van der Waals surface area contributed by atoms with Crippen LogP contribution in [0, 0.1) is 13.8 Å². The number of carbonyl (C=O) groups is 2. The molecule has 0 radical (unpaired) electrons. The summed E-state index contributed by atoms with van der Waals surface area (Å²) in [6.07, 6.45) is 1.40. The van der Waals surface area contributed by atoms with Crippen LogP contribution in [0.25, 0.3) is 11.4 Å². The fourth-order valence-electron chi connectivity index (χ4n) is 5.20. The zero-order chi connectivity index (χ0) is 29.1. The molecule has 2 aromatic carbocycles. The van der Waals surface area contributed by atoms with Crippen molar-refractivity contribution < 1.29 is 28.5 Å². The molecule has 0 aliphatic rings. The molecule has 0 aliphatic heterocycles. The van der Waals surface area contributed by atoms with E-state index >= 15 is 0 Å². The largest absolute Gasteiger partial charge is 0.497 e. The van der Waals surface area contributed by atoms with Gasteiger partial charge in [-0.05, 0) is 73.2 Å². The zero-order valence-electron chi connectivity index (χ0n) is 24.3. The van der Waals surface area contributed by atoms with E-state index in [1.807, 2.05) is 13.8 Å². The Bertz CT molecular complexity index is 1410. The van der Waals surface area contributed by atoms with Crippen molar-refractivity contribution in [2.45, 2.75) is 40.5 Å². The Morgan fingerprint density at radius 2 is 0.875 bits per heavy atom. The van der Waals surface area contributed by atoms with E-state index in [0.717, 1.165) is 33.6 Å². The molecule has 0 fully saturated rings. The second-order valence-corrected chi connectivity index (χ2v) is 9.53. The van der Waals surface area contributed by atoms with Gasteiger partial charge in [-0.25, -0.2) is 0 Å². The van der Waals surface area contributed by atoms with Crippen LogP contribution in [0.4, 0.5) is 0 Å². The van der Waals surface area contributed by atoms with E-state index in [1.165, 1.54) is 0 Å². The van der Waals surface area contributed by atoms with E-state index in [1.54, 1.807) is 64.8 Å². The first-order valence-electron chi connectivity index (χ1n) is 13.2. The third-order valence-electron chi connectivity index (χ3n) is 7.40. The highest BCUT2D eigenvalue weighted by Crippen LogP contribution is 2.36. The normalized spacial score (nSPS) is 10.9. The van der Waals surface area contributed by atoms with Gasteiger partial charge >= 0.3 is 0 Å². The first-order valence-corrected chi connectivity index (χ1v) is 13.2. The van der Waals surface area contributed by atoms with Gasteiger partial charge in [-0.2, -0.15) is 0 Å². The van der Waals surface area contributed by atoms with Gasteiger partial charge in [0.2, 0.25) is 11.6 Å². The lowest BCUT2D eigenvalue weighted by atomic mass is 9.98. The summed E-state index contributed by atoms with van der Waals surface area (Å²) in [6, 6.07) is 10.3. The van der Waals surface area contributed by atoms with Gasteiger partial charge in [-0.3, -0.25) is 9.59 Å². The number of hydrogen-bond donors (Lipinski definition) is 2. The first kappa shape index (κ1) is 28.5. The molecule has 0 bridgehead atoms. The number of ether oxygens (including phenoxy) is 4. The zero-order valence-corrected chi connectivity index (χ0v) is 24.3. The number of aromatic nitrogens is 2. The standard InChI is InChI=1S/C32H36N2O6/c1-9-25-17(3)27(31(35)19-11-21(37-5)15-22(12-19)38-6)33-29(25)30-26(10-2)18(4)28(34-30)32(36)20-13-23(39-7)16-24(14-20)40-8/h11-16,33-34H,9-10H2,1-8H3. The Morgan fingerprint density at radius 1 is 0.575 bits per heavy atom. The number of methoxy groups -OCH3 is 4. The van der Waals surface area contributed by atoms with Gasteiger partial charge in [-0.1, -0.05) is 13.8 Å². The average molecular weight is 545 g/mol. The maximum atomic E-state index is 13.7. The summed E-state index contributed by atoms with van der Waals surface area (Å²) in [7, 11) is 6.21. The van der Waals surface area contributed by atoms with Crippen molar-refractivity contribution in [1.29, 1.82) is 0 Å². The summed E-state index contributed by atoms with van der Waals surface area (Å²) in [5.74, 6) is 1.80. The first-order chi connectivity index (χ1) is 19.2. The van der Waals surface area contributed by atoms with E-state index in [0.29, 0.717) is 58.4 Å².